The van der Waals surface area contributed by atoms with Crippen molar-refractivity contribution in [3.05, 3.63) is 77.5 Å². The van der Waals surface area contributed by atoms with Crippen LogP contribution >= 0.6 is 39.5 Å². The fourth-order valence-electron chi connectivity index (χ4n) is 3.08. The molecule has 1 heterocycles. The smallest absolute Gasteiger partial charge is 0.358 e. The van der Waals surface area contributed by atoms with Gasteiger partial charge in [-0.2, -0.15) is 5.26 Å². The summed E-state index contributed by atoms with van der Waals surface area (Å²) >= 11 is 5.82. The quantitative estimate of drug-likeness (QED) is 0.0586. The minimum atomic E-state index is -0.436. The van der Waals surface area contributed by atoms with Gasteiger partial charge in [0, 0.05) is 0 Å². The Balaban J connectivity index is 0.000000347. The van der Waals surface area contributed by atoms with Gasteiger partial charge in [-0.25, -0.2) is 9.78 Å². The van der Waals surface area contributed by atoms with Gasteiger partial charge in [-0.1, -0.05) is 100 Å². The standard InChI is InChI=1S/C14H17N3O2S.C10H11N3S.C4H7BrO2/c1-3-19-13(18)11-12(15)16-14(20-2)17(11)9-10-7-5-4-6-8-10;1-14-10(13-8-11)12-7-9-5-3-2-4-6-9;1-2-7-4(6)3-5/h4-8H,3,9,15H2,1-2H3;2-6H,7H2,1H3,(H,12,13);2-3H2,1H3. The highest BCUT2D eigenvalue weighted by atomic mass is 79.9. The number of ether oxygens (including phenoxy) is 2. The Labute approximate surface area is 258 Å². The first-order chi connectivity index (χ1) is 19.8. The van der Waals surface area contributed by atoms with E-state index >= 15 is 0 Å². The number of aromatic nitrogens is 2. The normalized spacial score (nSPS) is 10.2. The van der Waals surface area contributed by atoms with Crippen LogP contribution in [-0.4, -0.2) is 57.7 Å². The molecule has 0 atom stereocenters. The third-order valence-electron chi connectivity index (χ3n) is 4.81. The Morgan fingerprint density at radius 3 is 2.10 bits per heavy atom. The fraction of sp³-hybridized carbons (Fsp3) is 0.321. The summed E-state index contributed by atoms with van der Waals surface area (Å²) in [6, 6.07) is 19.8. The average molecular weight is 664 g/mol. The monoisotopic (exact) mass is 662 g/mol. The third kappa shape index (κ3) is 13.6. The second-order valence-corrected chi connectivity index (χ2v) is 9.74. The Hall–Kier alpha value is -3.47. The molecule has 0 spiro atoms. The van der Waals surface area contributed by atoms with Gasteiger partial charge in [-0.05, 0) is 37.5 Å². The number of nitrogens with zero attached hydrogens (tertiary/aromatic N) is 4. The van der Waals surface area contributed by atoms with Gasteiger partial charge in [0.05, 0.1) is 26.3 Å². The van der Waals surface area contributed by atoms with Gasteiger partial charge >= 0.3 is 11.9 Å². The SMILES string of the molecule is CCOC(=O)CBr.CCOC(=O)c1c(N)nc(SC)n1Cc1ccccc1.CSC(=NCc1ccccc1)NC#N. The van der Waals surface area contributed by atoms with Crippen molar-refractivity contribution >= 4 is 62.4 Å². The lowest BCUT2D eigenvalue weighted by molar-refractivity contribution is -0.139. The number of hydrogen-bond donors (Lipinski definition) is 2. The zero-order valence-corrected chi connectivity index (χ0v) is 26.7. The van der Waals surface area contributed by atoms with Crippen molar-refractivity contribution in [2.75, 3.05) is 36.8 Å². The number of esters is 2. The molecule has 0 fully saturated rings. The fourth-order valence-corrected chi connectivity index (χ4v) is 4.15. The van der Waals surface area contributed by atoms with Gasteiger partial charge in [0.2, 0.25) is 0 Å². The molecule has 0 aliphatic carbocycles. The van der Waals surface area contributed by atoms with Gasteiger partial charge in [0.1, 0.15) is 5.33 Å². The highest BCUT2D eigenvalue weighted by Gasteiger charge is 2.22. The largest absolute Gasteiger partial charge is 0.465 e. The number of nitrogens with two attached hydrogens (primary N) is 1. The van der Waals surface area contributed by atoms with Gasteiger partial charge in [0.15, 0.2) is 28.0 Å². The van der Waals surface area contributed by atoms with Gasteiger partial charge < -0.3 is 19.8 Å². The van der Waals surface area contributed by atoms with E-state index in [0.29, 0.717) is 47.7 Å². The molecule has 13 heteroatoms. The van der Waals surface area contributed by atoms with Crippen LogP contribution in [0.25, 0.3) is 0 Å². The molecule has 220 valence electrons. The number of benzene rings is 2. The van der Waals surface area contributed by atoms with Crippen LogP contribution in [0.15, 0.2) is 70.8 Å². The predicted molar refractivity (Wildman–Crippen MR) is 170 cm³/mol. The van der Waals surface area contributed by atoms with Crippen molar-refractivity contribution in [3.8, 4) is 6.19 Å². The molecule has 0 amide bonds. The van der Waals surface area contributed by atoms with E-state index in [1.165, 1.54) is 23.5 Å². The number of carbonyl (C=O) groups excluding carboxylic acids is 2. The third-order valence-corrected chi connectivity index (χ3v) is 6.57. The number of alkyl halides is 1. The number of rotatable bonds is 9. The Morgan fingerprint density at radius 1 is 1.05 bits per heavy atom. The maximum atomic E-state index is 12.0. The van der Waals surface area contributed by atoms with E-state index in [-0.39, 0.29) is 11.8 Å². The molecule has 10 nitrogen and oxygen atoms in total. The van der Waals surface area contributed by atoms with Crippen molar-refractivity contribution in [1.82, 2.24) is 14.9 Å². The summed E-state index contributed by atoms with van der Waals surface area (Å²) in [7, 11) is 0. The lowest BCUT2D eigenvalue weighted by atomic mass is 10.2. The first kappa shape index (κ1) is 35.6. The highest BCUT2D eigenvalue weighted by molar-refractivity contribution is 9.09. The molecule has 0 saturated carbocycles. The molecule has 0 unspecified atom stereocenters. The van der Waals surface area contributed by atoms with Crippen LogP contribution < -0.4 is 11.1 Å². The van der Waals surface area contributed by atoms with E-state index in [1.54, 1.807) is 18.4 Å². The molecule has 3 N–H and O–H groups in total. The summed E-state index contributed by atoms with van der Waals surface area (Å²) in [5, 5.41) is 12.6. The number of nitrogens with one attached hydrogen (secondary N) is 1. The lowest BCUT2D eigenvalue weighted by Crippen LogP contribution is -2.15. The van der Waals surface area contributed by atoms with Crippen molar-refractivity contribution in [3.63, 3.8) is 0 Å². The molecule has 3 rings (SSSR count). The van der Waals surface area contributed by atoms with Crippen molar-refractivity contribution in [1.29, 1.82) is 5.26 Å². The second kappa shape index (κ2) is 21.3. The highest BCUT2D eigenvalue weighted by Crippen LogP contribution is 2.23. The lowest BCUT2D eigenvalue weighted by Gasteiger charge is -2.10. The number of nitriles is 1. The minimum Gasteiger partial charge on any atom is -0.465 e. The number of thioether (sulfide) groups is 2. The Bertz CT molecular complexity index is 1270. The van der Waals surface area contributed by atoms with Crippen LogP contribution in [-0.2, 0) is 27.4 Å². The number of hydrogen-bond acceptors (Lipinski definition) is 10. The van der Waals surface area contributed by atoms with Crippen molar-refractivity contribution in [2.24, 2.45) is 4.99 Å². The maximum absolute atomic E-state index is 12.0. The van der Waals surface area contributed by atoms with E-state index in [2.05, 4.69) is 36.0 Å². The molecular formula is C28H35BrN6O4S2. The number of halogens is 1. The molecule has 0 saturated heterocycles. The molecule has 0 aliphatic heterocycles. The maximum Gasteiger partial charge on any atom is 0.358 e. The van der Waals surface area contributed by atoms with Crippen molar-refractivity contribution < 1.29 is 19.1 Å². The number of amidine groups is 1. The van der Waals surface area contributed by atoms with E-state index in [0.717, 1.165) is 11.1 Å². The Kier molecular flexibility index (Phi) is 18.5. The molecule has 1 aromatic heterocycles. The van der Waals surface area contributed by atoms with E-state index in [1.807, 2.05) is 79.4 Å². The summed E-state index contributed by atoms with van der Waals surface area (Å²) in [4.78, 5) is 30.7. The zero-order chi connectivity index (χ0) is 30.5. The minimum absolute atomic E-state index is 0.206. The molecule has 41 heavy (non-hydrogen) atoms. The molecule has 3 aromatic rings. The average Bonchev–Trinajstić information content (AvgIpc) is 3.31. The Morgan fingerprint density at radius 2 is 1.63 bits per heavy atom. The number of aliphatic imine (C=N–C) groups is 1. The van der Waals surface area contributed by atoms with Crippen LogP contribution in [0, 0.1) is 11.5 Å². The molecule has 2 aromatic carbocycles. The number of imidazole rings is 1. The van der Waals surface area contributed by atoms with Crippen LogP contribution in [0.5, 0.6) is 0 Å². The number of anilines is 1. The van der Waals surface area contributed by atoms with Crippen molar-refractivity contribution in [2.45, 2.75) is 32.1 Å². The summed E-state index contributed by atoms with van der Waals surface area (Å²) in [5.41, 5.74) is 8.39. The van der Waals surface area contributed by atoms with Crippen LogP contribution in [0.4, 0.5) is 5.82 Å². The topological polar surface area (TPSA) is 145 Å². The summed E-state index contributed by atoms with van der Waals surface area (Å²) < 4.78 is 11.4. The summed E-state index contributed by atoms with van der Waals surface area (Å²) in [5.74, 6) is -0.431. The van der Waals surface area contributed by atoms with E-state index in [9.17, 15) is 9.59 Å². The number of carbonyl (C=O) groups is 2. The van der Waals surface area contributed by atoms with Crippen LogP contribution in [0.2, 0.25) is 0 Å². The predicted octanol–water partition coefficient (Wildman–Crippen LogP) is 5.33. The molecule has 0 aliphatic rings. The van der Waals surface area contributed by atoms with Crippen LogP contribution in [0.1, 0.15) is 35.5 Å². The van der Waals surface area contributed by atoms with Gasteiger partial charge in [0.25, 0.3) is 0 Å². The van der Waals surface area contributed by atoms with Crippen LogP contribution in [0.3, 0.4) is 0 Å². The van der Waals surface area contributed by atoms with E-state index in [4.69, 9.17) is 15.7 Å². The zero-order valence-electron chi connectivity index (χ0n) is 23.5. The van der Waals surface area contributed by atoms with Gasteiger partial charge in [-0.3, -0.25) is 15.1 Å². The second-order valence-electron chi connectivity index (χ2n) is 7.61. The number of nitrogen functional groups attached to an aromatic ring is 1. The molecule has 0 radical (unpaired) electrons. The summed E-state index contributed by atoms with van der Waals surface area (Å²) in [6.07, 6.45) is 5.64. The first-order valence-electron chi connectivity index (χ1n) is 12.4. The first-order valence-corrected chi connectivity index (χ1v) is 16.0. The summed E-state index contributed by atoms with van der Waals surface area (Å²) in [6.45, 7) is 5.46. The van der Waals surface area contributed by atoms with Gasteiger partial charge in [-0.15, -0.1) is 0 Å². The van der Waals surface area contributed by atoms with E-state index < -0.39 is 5.97 Å². The molecule has 0 bridgehead atoms. The molecular weight excluding hydrogens is 628 g/mol.